The van der Waals surface area contributed by atoms with E-state index in [9.17, 15) is 26.7 Å². The van der Waals surface area contributed by atoms with Gasteiger partial charge in [-0.25, -0.2) is 4.98 Å². The molecule has 0 aromatic carbocycles. The molecule has 0 saturated heterocycles. The summed E-state index contributed by atoms with van der Waals surface area (Å²) in [6, 6.07) is 2.75. The number of alkyl halides is 5. The van der Waals surface area contributed by atoms with Gasteiger partial charge in [0, 0.05) is 18.8 Å². The Morgan fingerprint density at radius 2 is 1.95 bits per heavy atom. The number of hydrogen-bond acceptors (Lipinski definition) is 3. The van der Waals surface area contributed by atoms with E-state index < -0.39 is 24.6 Å². The van der Waals surface area contributed by atoms with Crippen LogP contribution in [0.25, 0.3) is 0 Å². The molecule has 0 radical (unpaired) electrons. The van der Waals surface area contributed by atoms with E-state index >= 15 is 0 Å². The third-order valence-corrected chi connectivity index (χ3v) is 2.10. The van der Waals surface area contributed by atoms with Crippen LogP contribution in [0.3, 0.4) is 0 Å². The molecule has 0 unspecified atom stereocenters. The molecule has 1 heterocycles. The number of rotatable bonds is 4. The number of nitrogens with zero attached hydrogens (tertiary/aromatic N) is 1. The molecule has 0 aliphatic heterocycles. The van der Waals surface area contributed by atoms with Gasteiger partial charge in [0.25, 0.3) is 0 Å². The van der Waals surface area contributed by atoms with Crippen molar-refractivity contribution >= 4 is 5.91 Å². The van der Waals surface area contributed by atoms with Gasteiger partial charge in [0.15, 0.2) is 0 Å². The molecule has 1 aromatic heterocycles. The second kappa shape index (κ2) is 5.37. The van der Waals surface area contributed by atoms with Crippen LogP contribution in [0.5, 0.6) is 5.88 Å². The van der Waals surface area contributed by atoms with Crippen LogP contribution in [0.1, 0.15) is 5.56 Å². The zero-order valence-electron chi connectivity index (χ0n) is 9.59. The van der Waals surface area contributed by atoms with E-state index in [2.05, 4.69) is 4.98 Å². The first kappa shape index (κ1) is 15.1. The molecule has 106 valence electrons. The molecule has 0 aliphatic carbocycles. The average Bonchev–Trinajstić information content (AvgIpc) is 2.35. The molecule has 1 amide bonds. The molecular formula is C10H9F5N2O2. The van der Waals surface area contributed by atoms with Crippen molar-refractivity contribution in [2.75, 3.05) is 7.11 Å². The number of hydrogen-bond donors (Lipinski definition) is 1. The van der Waals surface area contributed by atoms with Crippen LogP contribution < -0.4 is 10.1 Å². The number of amides is 1. The fourth-order valence-corrected chi connectivity index (χ4v) is 1.06. The molecule has 1 aromatic rings. The molecule has 0 saturated carbocycles. The van der Waals surface area contributed by atoms with Gasteiger partial charge in [-0.2, -0.15) is 22.0 Å². The van der Waals surface area contributed by atoms with Gasteiger partial charge in [0.1, 0.15) is 0 Å². The van der Waals surface area contributed by atoms with E-state index in [4.69, 9.17) is 4.74 Å². The summed E-state index contributed by atoms with van der Waals surface area (Å²) in [6.45, 7) is -0.499. The molecule has 0 aliphatic rings. The Labute approximate surface area is 104 Å². The molecule has 4 nitrogen and oxygen atoms in total. The second-order valence-corrected chi connectivity index (χ2v) is 3.46. The Hall–Kier alpha value is -1.93. The highest BCUT2D eigenvalue weighted by Crippen LogP contribution is 2.35. The molecule has 0 spiro atoms. The number of aromatic nitrogens is 1. The number of methoxy groups -OCH3 is 1. The Balaban J connectivity index is 2.63. The Morgan fingerprint density at radius 3 is 2.37 bits per heavy atom. The van der Waals surface area contributed by atoms with Crippen LogP contribution in [0, 0.1) is 0 Å². The predicted molar refractivity (Wildman–Crippen MR) is 53.6 cm³/mol. The lowest BCUT2D eigenvalue weighted by Crippen LogP contribution is -2.50. The van der Waals surface area contributed by atoms with Crippen molar-refractivity contribution in [1.29, 1.82) is 0 Å². The van der Waals surface area contributed by atoms with E-state index in [0.29, 0.717) is 0 Å². The first-order valence-corrected chi connectivity index (χ1v) is 4.90. The monoisotopic (exact) mass is 284 g/mol. The maximum atomic E-state index is 12.6. The number of carbonyl (C=O) groups excluding carboxylic acids is 1. The van der Waals surface area contributed by atoms with Crippen molar-refractivity contribution in [2.24, 2.45) is 0 Å². The molecule has 0 fully saturated rings. The summed E-state index contributed by atoms with van der Waals surface area (Å²) in [5.41, 5.74) is 0.257. The van der Waals surface area contributed by atoms with Crippen LogP contribution >= 0.6 is 0 Å². The minimum atomic E-state index is -5.92. The topological polar surface area (TPSA) is 51.2 Å². The number of pyridine rings is 1. The lowest BCUT2D eigenvalue weighted by atomic mass is 10.2. The number of ether oxygens (including phenoxy) is 1. The first-order valence-electron chi connectivity index (χ1n) is 4.90. The van der Waals surface area contributed by atoms with Crippen molar-refractivity contribution in [3.05, 3.63) is 23.9 Å². The summed E-state index contributed by atoms with van der Waals surface area (Å²) in [6.07, 6.45) is -4.74. The molecule has 9 heteroatoms. The highest BCUT2D eigenvalue weighted by Gasteiger charge is 2.63. The van der Waals surface area contributed by atoms with Crippen LogP contribution in [-0.2, 0) is 11.3 Å². The van der Waals surface area contributed by atoms with Crippen LogP contribution in [0.15, 0.2) is 18.3 Å². The van der Waals surface area contributed by atoms with Gasteiger partial charge in [-0.1, -0.05) is 6.07 Å². The van der Waals surface area contributed by atoms with Crippen LogP contribution in [0.4, 0.5) is 22.0 Å². The standard InChI is InChI=1S/C10H9F5N2O2/c1-19-7-3-2-6(4-16-7)5-17-8(18)9(11,12)10(13,14)15/h2-4H,5H2,1H3,(H,17,18). The van der Waals surface area contributed by atoms with Crippen molar-refractivity contribution in [2.45, 2.75) is 18.6 Å². The maximum Gasteiger partial charge on any atom is 0.463 e. The van der Waals surface area contributed by atoms with E-state index in [1.807, 2.05) is 0 Å². The predicted octanol–water partition coefficient (Wildman–Crippen LogP) is 1.90. The Kier molecular flexibility index (Phi) is 4.28. The van der Waals surface area contributed by atoms with Gasteiger partial charge >= 0.3 is 18.0 Å². The quantitative estimate of drug-likeness (QED) is 0.859. The second-order valence-electron chi connectivity index (χ2n) is 3.46. The van der Waals surface area contributed by atoms with Gasteiger partial charge in [-0.05, 0) is 5.56 Å². The summed E-state index contributed by atoms with van der Waals surface area (Å²) in [5, 5.41) is 1.49. The van der Waals surface area contributed by atoms with Crippen molar-refractivity contribution < 1.29 is 31.5 Å². The fourth-order valence-electron chi connectivity index (χ4n) is 1.06. The van der Waals surface area contributed by atoms with Gasteiger partial charge in [0.05, 0.1) is 7.11 Å². The number of nitrogens with one attached hydrogen (secondary N) is 1. The van der Waals surface area contributed by atoms with Crippen molar-refractivity contribution in [1.82, 2.24) is 10.3 Å². The summed E-state index contributed by atoms with van der Waals surface area (Å²) in [7, 11) is 1.35. The van der Waals surface area contributed by atoms with E-state index in [0.717, 1.165) is 0 Å². The highest BCUT2D eigenvalue weighted by atomic mass is 19.4. The number of carbonyl (C=O) groups is 1. The first-order chi connectivity index (χ1) is 8.68. The maximum absolute atomic E-state index is 12.6. The minimum Gasteiger partial charge on any atom is -0.481 e. The Bertz CT molecular complexity index is 444. The lowest BCUT2D eigenvalue weighted by molar-refractivity contribution is -0.269. The summed E-state index contributed by atoms with van der Waals surface area (Å²) < 4.78 is 65.5. The van der Waals surface area contributed by atoms with Gasteiger partial charge in [-0.3, -0.25) is 4.79 Å². The Morgan fingerprint density at radius 1 is 1.32 bits per heavy atom. The normalized spacial score (nSPS) is 12.1. The highest BCUT2D eigenvalue weighted by molar-refractivity contribution is 5.84. The van der Waals surface area contributed by atoms with E-state index in [1.165, 1.54) is 30.8 Å². The molecule has 0 atom stereocenters. The van der Waals surface area contributed by atoms with E-state index in [1.54, 1.807) is 0 Å². The molecule has 1 rings (SSSR count). The van der Waals surface area contributed by atoms with Gasteiger partial charge < -0.3 is 10.1 Å². The minimum absolute atomic E-state index is 0.246. The fraction of sp³-hybridized carbons (Fsp3) is 0.400. The largest absolute Gasteiger partial charge is 0.481 e. The number of halogens is 5. The average molecular weight is 284 g/mol. The van der Waals surface area contributed by atoms with Crippen LogP contribution in [-0.4, -0.2) is 30.1 Å². The SMILES string of the molecule is COc1ccc(CNC(=O)C(F)(F)C(F)(F)F)cn1. The molecule has 1 N–H and O–H groups in total. The van der Waals surface area contributed by atoms with Crippen LogP contribution in [0.2, 0.25) is 0 Å². The molecule has 19 heavy (non-hydrogen) atoms. The zero-order valence-corrected chi connectivity index (χ0v) is 9.59. The summed E-state index contributed by atoms with van der Waals surface area (Å²) in [4.78, 5) is 14.5. The smallest absolute Gasteiger partial charge is 0.463 e. The third kappa shape index (κ3) is 3.52. The van der Waals surface area contributed by atoms with Crippen molar-refractivity contribution in [3.8, 4) is 5.88 Å². The zero-order chi connectivity index (χ0) is 14.7. The van der Waals surface area contributed by atoms with Gasteiger partial charge in [-0.15, -0.1) is 0 Å². The molecular weight excluding hydrogens is 275 g/mol. The van der Waals surface area contributed by atoms with Crippen molar-refractivity contribution in [3.63, 3.8) is 0 Å². The lowest BCUT2D eigenvalue weighted by Gasteiger charge is -2.18. The third-order valence-electron chi connectivity index (χ3n) is 2.10. The van der Waals surface area contributed by atoms with E-state index in [-0.39, 0.29) is 11.4 Å². The summed E-state index contributed by atoms with van der Waals surface area (Å²) >= 11 is 0. The molecule has 0 bridgehead atoms. The van der Waals surface area contributed by atoms with Gasteiger partial charge in [0.2, 0.25) is 5.88 Å². The summed E-state index contributed by atoms with van der Waals surface area (Å²) in [5.74, 6) is -7.58.